The molecule has 1 unspecified atom stereocenters. The molecule has 0 aliphatic carbocycles. The highest BCUT2D eigenvalue weighted by Crippen LogP contribution is 2.31. The van der Waals surface area contributed by atoms with Crippen molar-refractivity contribution in [3.05, 3.63) is 28.8 Å². The van der Waals surface area contributed by atoms with Gasteiger partial charge in [0, 0.05) is 10.4 Å². The lowest BCUT2D eigenvalue weighted by Gasteiger charge is -2.19. The maximum atomic E-state index is 11.7. The highest BCUT2D eigenvalue weighted by molar-refractivity contribution is 9.09. The van der Waals surface area contributed by atoms with Crippen molar-refractivity contribution in [3.8, 4) is 0 Å². The summed E-state index contributed by atoms with van der Waals surface area (Å²) in [5, 5.41) is 10.3. The van der Waals surface area contributed by atoms with Gasteiger partial charge in [-0.2, -0.15) is 0 Å². The van der Waals surface area contributed by atoms with Gasteiger partial charge < -0.3 is 10.0 Å². The van der Waals surface area contributed by atoms with Crippen LogP contribution in [0.1, 0.15) is 10.4 Å². The molecule has 1 atom stereocenters. The minimum atomic E-state index is -0.725. The van der Waals surface area contributed by atoms with Gasteiger partial charge in [-0.1, -0.05) is 27.5 Å². The van der Waals surface area contributed by atoms with Crippen LogP contribution >= 0.6 is 27.5 Å². The Kier molecular flexibility index (Phi) is 3.51. The lowest BCUT2D eigenvalue weighted by molar-refractivity contribution is -0.114. The summed E-state index contributed by atoms with van der Waals surface area (Å²) in [7, 11) is 0. The standard InChI is InChI=1S/C11H9BrClNO3/c12-4-7(15)5-14-9-3-6(13)1-2-8(9)10(16)11(14)17/h1-3,7,15H,4-5H2. The average molecular weight is 319 g/mol. The van der Waals surface area contributed by atoms with Crippen LogP contribution in [0.3, 0.4) is 0 Å². The van der Waals surface area contributed by atoms with Crippen LogP contribution in [0.15, 0.2) is 18.2 Å². The Morgan fingerprint density at radius 1 is 1.41 bits per heavy atom. The number of ketones is 1. The number of amides is 1. The monoisotopic (exact) mass is 317 g/mol. The van der Waals surface area contributed by atoms with E-state index in [1.807, 2.05) is 0 Å². The molecule has 4 nitrogen and oxygen atoms in total. The zero-order valence-electron chi connectivity index (χ0n) is 8.69. The van der Waals surface area contributed by atoms with Crippen LogP contribution in [0.2, 0.25) is 5.02 Å². The van der Waals surface area contributed by atoms with Crippen molar-refractivity contribution < 1.29 is 14.7 Å². The summed E-state index contributed by atoms with van der Waals surface area (Å²) in [5.41, 5.74) is 0.800. The van der Waals surface area contributed by atoms with Crippen molar-refractivity contribution in [2.75, 3.05) is 16.8 Å². The molecule has 0 radical (unpaired) electrons. The van der Waals surface area contributed by atoms with Gasteiger partial charge in [-0.25, -0.2) is 0 Å². The largest absolute Gasteiger partial charge is 0.390 e. The van der Waals surface area contributed by atoms with E-state index in [2.05, 4.69) is 15.9 Å². The van der Waals surface area contributed by atoms with Gasteiger partial charge in [-0.3, -0.25) is 9.59 Å². The number of halogens is 2. The molecule has 2 rings (SSSR count). The summed E-state index contributed by atoms with van der Waals surface area (Å²) in [6.07, 6.45) is -0.725. The first-order chi connectivity index (χ1) is 8.04. The summed E-state index contributed by atoms with van der Waals surface area (Å²) in [4.78, 5) is 24.7. The number of anilines is 1. The van der Waals surface area contributed by atoms with Crippen molar-refractivity contribution in [2.45, 2.75) is 6.10 Å². The summed E-state index contributed by atoms with van der Waals surface area (Å²) in [6, 6.07) is 4.65. The van der Waals surface area contributed by atoms with E-state index in [0.29, 0.717) is 21.6 Å². The van der Waals surface area contributed by atoms with Gasteiger partial charge in [0.2, 0.25) is 0 Å². The first-order valence-corrected chi connectivity index (χ1v) is 6.44. The molecule has 1 amide bonds. The van der Waals surface area contributed by atoms with Crippen LogP contribution in [0.4, 0.5) is 5.69 Å². The Morgan fingerprint density at radius 2 is 2.12 bits per heavy atom. The molecule has 0 saturated heterocycles. The maximum absolute atomic E-state index is 11.7. The van der Waals surface area contributed by atoms with E-state index < -0.39 is 17.8 Å². The normalized spacial score (nSPS) is 16.3. The fraction of sp³-hybridized carbons (Fsp3) is 0.273. The van der Waals surface area contributed by atoms with Gasteiger partial charge in [-0.05, 0) is 18.2 Å². The molecule has 1 N–H and O–H groups in total. The number of hydrogen-bond donors (Lipinski definition) is 1. The highest BCUT2D eigenvalue weighted by Gasteiger charge is 2.36. The summed E-state index contributed by atoms with van der Waals surface area (Å²) < 4.78 is 0. The summed E-state index contributed by atoms with van der Waals surface area (Å²) in [6.45, 7) is 0.0726. The van der Waals surface area contributed by atoms with Crippen molar-refractivity contribution in [3.63, 3.8) is 0 Å². The molecule has 1 aromatic carbocycles. The lowest BCUT2D eigenvalue weighted by atomic mass is 10.1. The summed E-state index contributed by atoms with van der Waals surface area (Å²) in [5.74, 6) is -1.18. The third kappa shape index (κ3) is 2.22. The van der Waals surface area contributed by atoms with E-state index in [1.165, 1.54) is 11.0 Å². The molecule has 6 heteroatoms. The molecule has 1 aliphatic rings. The second-order valence-corrected chi connectivity index (χ2v) is 4.80. The van der Waals surface area contributed by atoms with E-state index in [9.17, 15) is 14.7 Å². The molecule has 0 bridgehead atoms. The minimum Gasteiger partial charge on any atom is -0.390 e. The average Bonchev–Trinajstić information content (AvgIpc) is 2.54. The SMILES string of the molecule is O=C1C(=O)N(CC(O)CBr)c2cc(Cl)ccc21. The van der Waals surface area contributed by atoms with Gasteiger partial charge >= 0.3 is 0 Å². The van der Waals surface area contributed by atoms with Crippen LogP contribution in [-0.4, -0.2) is 34.8 Å². The van der Waals surface area contributed by atoms with E-state index in [-0.39, 0.29) is 6.54 Å². The number of β-amino-alcohol motifs (C(OH)–C–C–N with tert-alkyl or cyclic N) is 1. The second kappa shape index (κ2) is 4.76. The number of carbonyl (C=O) groups is 2. The molecule has 1 aromatic rings. The van der Waals surface area contributed by atoms with E-state index in [4.69, 9.17) is 11.6 Å². The predicted molar refractivity (Wildman–Crippen MR) is 67.9 cm³/mol. The number of carbonyl (C=O) groups excluding carboxylic acids is 2. The predicted octanol–water partition coefficient (Wildman–Crippen LogP) is 1.63. The number of rotatable bonds is 3. The fourth-order valence-corrected chi connectivity index (χ4v) is 2.08. The molecule has 90 valence electrons. The Bertz CT molecular complexity index is 492. The zero-order chi connectivity index (χ0) is 12.6. The van der Waals surface area contributed by atoms with E-state index >= 15 is 0 Å². The molecule has 0 aromatic heterocycles. The number of aliphatic hydroxyl groups excluding tert-OH is 1. The number of alkyl halides is 1. The number of aliphatic hydroxyl groups is 1. The molecular formula is C11H9BrClNO3. The Balaban J connectivity index is 2.39. The number of Topliss-reactive ketones (excluding diaryl/α,β-unsaturated/α-hetero) is 1. The van der Waals surface area contributed by atoms with Crippen molar-refractivity contribution in [2.24, 2.45) is 0 Å². The lowest BCUT2D eigenvalue weighted by Crippen LogP contribution is -2.37. The van der Waals surface area contributed by atoms with Gasteiger partial charge in [-0.15, -0.1) is 0 Å². The van der Waals surface area contributed by atoms with Crippen LogP contribution in [0.25, 0.3) is 0 Å². The Hall–Kier alpha value is -0.910. The maximum Gasteiger partial charge on any atom is 0.299 e. The zero-order valence-corrected chi connectivity index (χ0v) is 11.0. The topological polar surface area (TPSA) is 57.6 Å². The van der Waals surface area contributed by atoms with Gasteiger partial charge in [0.25, 0.3) is 11.7 Å². The highest BCUT2D eigenvalue weighted by atomic mass is 79.9. The quantitative estimate of drug-likeness (QED) is 0.681. The Labute approximate surface area is 111 Å². The molecule has 17 heavy (non-hydrogen) atoms. The van der Waals surface area contributed by atoms with Gasteiger partial charge in [0.1, 0.15) is 0 Å². The fourth-order valence-electron chi connectivity index (χ4n) is 1.71. The van der Waals surface area contributed by atoms with Crippen molar-refractivity contribution in [1.29, 1.82) is 0 Å². The molecule has 1 heterocycles. The number of hydrogen-bond acceptors (Lipinski definition) is 3. The van der Waals surface area contributed by atoms with Gasteiger partial charge in [0.15, 0.2) is 0 Å². The molecular weight excluding hydrogens is 309 g/mol. The van der Waals surface area contributed by atoms with Crippen LogP contribution in [0.5, 0.6) is 0 Å². The van der Waals surface area contributed by atoms with Crippen LogP contribution in [-0.2, 0) is 4.79 Å². The first kappa shape index (κ1) is 12.5. The Morgan fingerprint density at radius 3 is 2.76 bits per heavy atom. The summed E-state index contributed by atoms with van der Waals surface area (Å²) >= 11 is 8.95. The third-order valence-electron chi connectivity index (χ3n) is 2.51. The molecule has 0 fully saturated rings. The second-order valence-electron chi connectivity index (χ2n) is 3.71. The third-order valence-corrected chi connectivity index (χ3v) is 3.49. The van der Waals surface area contributed by atoms with Crippen molar-refractivity contribution in [1.82, 2.24) is 0 Å². The number of benzene rings is 1. The minimum absolute atomic E-state index is 0.0726. The molecule has 0 saturated carbocycles. The first-order valence-electron chi connectivity index (χ1n) is 4.94. The smallest absolute Gasteiger partial charge is 0.299 e. The molecule has 0 spiro atoms. The van der Waals surface area contributed by atoms with E-state index in [1.54, 1.807) is 12.1 Å². The number of fused-ring (bicyclic) bond motifs is 1. The number of nitrogens with zero attached hydrogens (tertiary/aromatic N) is 1. The van der Waals surface area contributed by atoms with Crippen LogP contribution < -0.4 is 4.90 Å². The van der Waals surface area contributed by atoms with Crippen LogP contribution in [0, 0.1) is 0 Å². The molecule has 1 aliphatic heterocycles. The van der Waals surface area contributed by atoms with E-state index in [0.717, 1.165) is 0 Å². The van der Waals surface area contributed by atoms with Gasteiger partial charge in [0.05, 0.1) is 23.9 Å². The van der Waals surface area contributed by atoms with Crippen molar-refractivity contribution >= 4 is 44.9 Å².